The van der Waals surface area contributed by atoms with Gasteiger partial charge in [-0.05, 0) is 31.0 Å². The van der Waals surface area contributed by atoms with Crippen LogP contribution in [-0.4, -0.2) is 0 Å². The topological polar surface area (TPSA) is 12.0 Å². The van der Waals surface area contributed by atoms with E-state index in [0.717, 1.165) is 11.0 Å². The van der Waals surface area contributed by atoms with E-state index >= 15 is 0 Å². The minimum absolute atomic E-state index is 0.334. The van der Waals surface area contributed by atoms with Crippen molar-refractivity contribution in [3.05, 3.63) is 69.7 Å². The zero-order chi connectivity index (χ0) is 13.0. The quantitative estimate of drug-likeness (QED) is 0.870. The molecule has 0 radical (unpaired) electrons. The van der Waals surface area contributed by atoms with E-state index in [1.165, 1.54) is 16.7 Å². The third kappa shape index (κ3) is 3.44. The van der Waals surface area contributed by atoms with Crippen molar-refractivity contribution in [1.29, 1.82) is 0 Å². The van der Waals surface area contributed by atoms with Crippen molar-refractivity contribution >= 4 is 15.9 Å². The summed E-state index contributed by atoms with van der Waals surface area (Å²) in [6, 6.07) is 17.3. The highest BCUT2D eigenvalue weighted by atomic mass is 79.9. The van der Waals surface area contributed by atoms with Crippen molar-refractivity contribution in [3.8, 4) is 0 Å². The monoisotopic (exact) mass is 303 g/mol. The Bertz CT molecular complexity index is 522. The van der Waals surface area contributed by atoms with Crippen molar-refractivity contribution in [2.45, 2.75) is 26.4 Å². The van der Waals surface area contributed by atoms with Crippen molar-refractivity contribution in [2.24, 2.45) is 0 Å². The van der Waals surface area contributed by atoms with Crippen molar-refractivity contribution in [1.82, 2.24) is 5.32 Å². The van der Waals surface area contributed by atoms with Crippen LogP contribution in [-0.2, 0) is 6.54 Å². The minimum Gasteiger partial charge on any atom is -0.306 e. The summed E-state index contributed by atoms with van der Waals surface area (Å²) in [6.45, 7) is 5.21. The summed E-state index contributed by atoms with van der Waals surface area (Å²) < 4.78 is 1.16. The van der Waals surface area contributed by atoms with Crippen LogP contribution in [0.25, 0.3) is 0 Å². The summed E-state index contributed by atoms with van der Waals surface area (Å²) in [5, 5.41) is 3.55. The average molecular weight is 304 g/mol. The fraction of sp³-hybridized carbons (Fsp3) is 0.250. The van der Waals surface area contributed by atoms with Crippen LogP contribution in [0.15, 0.2) is 53.0 Å². The molecule has 0 aliphatic rings. The summed E-state index contributed by atoms with van der Waals surface area (Å²) >= 11 is 3.59. The first kappa shape index (κ1) is 13.3. The first-order valence-corrected chi connectivity index (χ1v) is 6.99. The van der Waals surface area contributed by atoms with Crippen LogP contribution >= 0.6 is 15.9 Å². The van der Waals surface area contributed by atoms with Crippen molar-refractivity contribution in [3.63, 3.8) is 0 Å². The molecule has 0 spiro atoms. The van der Waals surface area contributed by atoms with E-state index in [9.17, 15) is 0 Å². The third-order valence-corrected chi connectivity index (χ3v) is 3.79. The number of nitrogens with one attached hydrogen (secondary N) is 1. The standard InChI is InChI=1S/C16H18BrN/c1-12-6-5-7-14(10-12)11-18-13(2)15-8-3-4-9-16(15)17/h3-10,13,18H,11H2,1-2H3/t13-/m0/s1. The van der Waals surface area contributed by atoms with Gasteiger partial charge in [0.15, 0.2) is 0 Å². The molecule has 0 aliphatic heterocycles. The third-order valence-electron chi connectivity index (χ3n) is 3.07. The molecular weight excluding hydrogens is 286 g/mol. The minimum atomic E-state index is 0.334. The molecule has 2 rings (SSSR count). The summed E-state index contributed by atoms with van der Waals surface area (Å²) in [4.78, 5) is 0. The van der Waals surface area contributed by atoms with Gasteiger partial charge in [-0.15, -0.1) is 0 Å². The average Bonchev–Trinajstić information content (AvgIpc) is 2.37. The summed E-state index contributed by atoms with van der Waals surface area (Å²) in [6.07, 6.45) is 0. The molecule has 0 bridgehead atoms. The molecule has 0 amide bonds. The number of hydrogen-bond donors (Lipinski definition) is 1. The van der Waals surface area contributed by atoms with Crippen molar-refractivity contribution in [2.75, 3.05) is 0 Å². The van der Waals surface area contributed by atoms with Crippen LogP contribution < -0.4 is 5.32 Å². The lowest BCUT2D eigenvalue weighted by molar-refractivity contribution is 0.572. The number of rotatable bonds is 4. The zero-order valence-corrected chi connectivity index (χ0v) is 12.4. The number of halogens is 1. The molecule has 0 heterocycles. The predicted octanol–water partition coefficient (Wildman–Crippen LogP) is 4.61. The Hall–Kier alpha value is -1.12. The molecule has 2 aromatic carbocycles. The molecule has 2 aromatic rings. The molecule has 1 N–H and O–H groups in total. The summed E-state index contributed by atoms with van der Waals surface area (Å²) in [5.74, 6) is 0. The van der Waals surface area contributed by atoms with E-state index in [1.807, 2.05) is 6.07 Å². The van der Waals surface area contributed by atoms with Crippen molar-refractivity contribution < 1.29 is 0 Å². The lowest BCUT2D eigenvalue weighted by atomic mass is 10.1. The summed E-state index contributed by atoms with van der Waals surface area (Å²) in [5.41, 5.74) is 3.93. The van der Waals surface area contributed by atoms with Gasteiger partial charge in [0, 0.05) is 17.1 Å². The fourth-order valence-electron chi connectivity index (χ4n) is 2.03. The normalized spacial score (nSPS) is 12.4. The van der Waals surface area contributed by atoms with E-state index < -0.39 is 0 Å². The van der Waals surface area contributed by atoms with Gasteiger partial charge in [-0.1, -0.05) is 64.0 Å². The van der Waals surface area contributed by atoms with E-state index in [1.54, 1.807) is 0 Å². The molecule has 0 unspecified atom stereocenters. The Kier molecular flexibility index (Phi) is 4.56. The van der Waals surface area contributed by atoms with Crippen LogP contribution in [0.1, 0.15) is 29.7 Å². The Labute approximate surface area is 117 Å². The molecule has 94 valence electrons. The second-order valence-corrected chi connectivity index (χ2v) is 5.47. The SMILES string of the molecule is Cc1cccc(CN[C@@H](C)c2ccccc2Br)c1. The lowest BCUT2D eigenvalue weighted by Crippen LogP contribution is -2.18. The Morgan fingerprint density at radius 1 is 1.11 bits per heavy atom. The van der Waals surface area contributed by atoms with Gasteiger partial charge in [0.2, 0.25) is 0 Å². The molecule has 18 heavy (non-hydrogen) atoms. The Balaban J connectivity index is 2.00. The van der Waals surface area contributed by atoms with Gasteiger partial charge in [0.1, 0.15) is 0 Å². The van der Waals surface area contributed by atoms with E-state index in [2.05, 4.69) is 77.6 Å². The molecule has 0 saturated carbocycles. The van der Waals surface area contributed by atoms with Gasteiger partial charge in [-0.2, -0.15) is 0 Å². The highest BCUT2D eigenvalue weighted by Gasteiger charge is 2.07. The first-order chi connectivity index (χ1) is 8.66. The smallest absolute Gasteiger partial charge is 0.0306 e. The molecule has 0 fully saturated rings. The molecule has 1 atom stereocenters. The number of benzene rings is 2. The Morgan fingerprint density at radius 3 is 2.61 bits per heavy atom. The second-order valence-electron chi connectivity index (χ2n) is 4.61. The van der Waals surface area contributed by atoms with Gasteiger partial charge in [-0.3, -0.25) is 0 Å². The highest BCUT2D eigenvalue weighted by Crippen LogP contribution is 2.22. The molecule has 0 aliphatic carbocycles. The molecule has 0 aromatic heterocycles. The van der Waals surface area contributed by atoms with Gasteiger partial charge in [-0.25, -0.2) is 0 Å². The lowest BCUT2D eigenvalue weighted by Gasteiger charge is -2.16. The van der Waals surface area contributed by atoms with Crippen LogP contribution in [0.4, 0.5) is 0 Å². The molecular formula is C16H18BrN. The number of aryl methyl sites for hydroxylation is 1. The van der Waals surface area contributed by atoms with E-state index in [4.69, 9.17) is 0 Å². The van der Waals surface area contributed by atoms with Crippen LogP contribution in [0.5, 0.6) is 0 Å². The van der Waals surface area contributed by atoms with Crippen LogP contribution in [0.3, 0.4) is 0 Å². The van der Waals surface area contributed by atoms with E-state index in [0.29, 0.717) is 6.04 Å². The molecule has 2 heteroatoms. The van der Waals surface area contributed by atoms with Gasteiger partial charge < -0.3 is 5.32 Å². The summed E-state index contributed by atoms with van der Waals surface area (Å²) in [7, 11) is 0. The van der Waals surface area contributed by atoms with Gasteiger partial charge in [0.05, 0.1) is 0 Å². The second kappa shape index (κ2) is 6.17. The molecule has 1 nitrogen and oxygen atoms in total. The van der Waals surface area contributed by atoms with Crippen LogP contribution in [0.2, 0.25) is 0 Å². The van der Waals surface area contributed by atoms with Gasteiger partial charge in [0.25, 0.3) is 0 Å². The van der Waals surface area contributed by atoms with Gasteiger partial charge >= 0.3 is 0 Å². The maximum atomic E-state index is 3.59. The maximum absolute atomic E-state index is 3.59. The first-order valence-electron chi connectivity index (χ1n) is 6.20. The zero-order valence-electron chi connectivity index (χ0n) is 10.8. The maximum Gasteiger partial charge on any atom is 0.0306 e. The largest absolute Gasteiger partial charge is 0.306 e. The highest BCUT2D eigenvalue weighted by molar-refractivity contribution is 9.10. The van der Waals surface area contributed by atoms with E-state index in [-0.39, 0.29) is 0 Å². The predicted molar refractivity (Wildman–Crippen MR) is 80.6 cm³/mol. The van der Waals surface area contributed by atoms with Crippen LogP contribution in [0, 0.1) is 6.92 Å². The molecule has 0 saturated heterocycles. The Morgan fingerprint density at radius 2 is 1.89 bits per heavy atom. The number of hydrogen-bond acceptors (Lipinski definition) is 1. The fourth-order valence-corrected chi connectivity index (χ4v) is 2.66.